The first-order valence-corrected chi connectivity index (χ1v) is 7.87. The molecule has 106 valence electrons. The third kappa shape index (κ3) is 4.65. The molecule has 1 aliphatic heterocycles. The second-order valence-electron chi connectivity index (χ2n) is 6.95. The molecule has 1 saturated heterocycles. The van der Waals surface area contributed by atoms with E-state index in [9.17, 15) is 0 Å². The molecular weight excluding hydrogens is 230 g/mol. The minimum absolute atomic E-state index is 0.270. The average molecular weight is 259 g/mol. The van der Waals surface area contributed by atoms with E-state index in [1.807, 2.05) is 0 Å². The summed E-state index contributed by atoms with van der Waals surface area (Å²) in [6.45, 7) is 10.8. The van der Waals surface area contributed by atoms with E-state index in [-0.39, 0.29) is 5.41 Å². The number of hydrogen-bond donors (Lipinski definition) is 0. The lowest BCUT2D eigenvalue weighted by molar-refractivity contribution is 0.226. The largest absolute Gasteiger partial charge is 0.303 e. The molecule has 1 nitrogen and oxygen atoms in total. The highest BCUT2D eigenvalue weighted by Gasteiger charge is 2.13. The summed E-state index contributed by atoms with van der Waals surface area (Å²) in [6, 6.07) is 9.24. The molecule has 0 bridgehead atoms. The Bertz CT molecular complexity index is 366. The van der Waals surface area contributed by atoms with E-state index in [1.165, 1.54) is 62.9 Å². The Labute approximate surface area is 119 Å². The molecule has 1 aromatic carbocycles. The van der Waals surface area contributed by atoms with Crippen molar-refractivity contribution in [3.8, 4) is 0 Å². The van der Waals surface area contributed by atoms with Crippen molar-refractivity contribution in [1.82, 2.24) is 4.90 Å². The van der Waals surface area contributed by atoms with E-state index >= 15 is 0 Å². The number of nitrogens with zero attached hydrogens (tertiary/aromatic N) is 1. The van der Waals surface area contributed by atoms with Crippen molar-refractivity contribution < 1.29 is 0 Å². The molecule has 0 N–H and O–H groups in total. The number of piperidine rings is 1. The minimum atomic E-state index is 0.270. The molecular formula is C18H29N. The predicted molar refractivity (Wildman–Crippen MR) is 83.8 cm³/mol. The Morgan fingerprint density at radius 2 is 1.58 bits per heavy atom. The molecule has 1 fully saturated rings. The second kappa shape index (κ2) is 6.56. The standard InChI is InChI=1S/C18H29N/c1-18(2,3)17-11-9-16(10-12-17)8-7-15-19-13-5-4-6-14-19/h9-12H,4-8,13-15H2,1-3H3. The van der Waals surface area contributed by atoms with Gasteiger partial charge < -0.3 is 4.90 Å². The Kier molecular flexibility index (Phi) is 5.04. The summed E-state index contributed by atoms with van der Waals surface area (Å²) >= 11 is 0. The monoisotopic (exact) mass is 259 g/mol. The van der Waals surface area contributed by atoms with E-state index in [2.05, 4.69) is 49.9 Å². The van der Waals surface area contributed by atoms with Gasteiger partial charge in [0.1, 0.15) is 0 Å². The fourth-order valence-corrected chi connectivity index (χ4v) is 2.86. The first kappa shape index (κ1) is 14.6. The van der Waals surface area contributed by atoms with Crippen LogP contribution >= 0.6 is 0 Å². The molecule has 19 heavy (non-hydrogen) atoms. The minimum Gasteiger partial charge on any atom is -0.303 e. The van der Waals surface area contributed by atoms with Crippen LogP contribution in [0.1, 0.15) is 57.6 Å². The number of rotatable bonds is 4. The van der Waals surface area contributed by atoms with Gasteiger partial charge in [-0.25, -0.2) is 0 Å². The summed E-state index contributed by atoms with van der Waals surface area (Å²) in [5.41, 5.74) is 3.20. The molecule has 0 amide bonds. The number of aryl methyl sites for hydroxylation is 1. The van der Waals surface area contributed by atoms with Gasteiger partial charge in [0.2, 0.25) is 0 Å². The zero-order valence-electron chi connectivity index (χ0n) is 12.9. The van der Waals surface area contributed by atoms with Crippen LogP contribution in [0.25, 0.3) is 0 Å². The summed E-state index contributed by atoms with van der Waals surface area (Å²) < 4.78 is 0. The van der Waals surface area contributed by atoms with Crippen molar-refractivity contribution >= 4 is 0 Å². The molecule has 1 aliphatic rings. The lowest BCUT2D eigenvalue weighted by Gasteiger charge is -2.26. The zero-order valence-corrected chi connectivity index (χ0v) is 12.9. The molecule has 1 heterocycles. The fraction of sp³-hybridized carbons (Fsp3) is 0.667. The molecule has 0 aromatic heterocycles. The van der Waals surface area contributed by atoms with E-state index in [0.29, 0.717) is 0 Å². The van der Waals surface area contributed by atoms with Crippen LogP contribution in [-0.4, -0.2) is 24.5 Å². The molecule has 0 radical (unpaired) electrons. The summed E-state index contributed by atoms with van der Waals surface area (Å²) in [5, 5.41) is 0. The summed E-state index contributed by atoms with van der Waals surface area (Å²) in [4.78, 5) is 2.63. The third-order valence-electron chi connectivity index (χ3n) is 4.21. The Morgan fingerprint density at radius 1 is 0.947 bits per heavy atom. The number of benzene rings is 1. The third-order valence-corrected chi connectivity index (χ3v) is 4.21. The van der Waals surface area contributed by atoms with Crippen LogP contribution in [0.15, 0.2) is 24.3 Å². The van der Waals surface area contributed by atoms with E-state index < -0.39 is 0 Å². The Balaban J connectivity index is 1.76. The van der Waals surface area contributed by atoms with Gasteiger partial charge in [-0.05, 0) is 61.9 Å². The van der Waals surface area contributed by atoms with Gasteiger partial charge in [-0.3, -0.25) is 0 Å². The lowest BCUT2D eigenvalue weighted by Crippen LogP contribution is -2.30. The Morgan fingerprint density at radius 3 is 2.16 bits per heavy atom. The van der Waals surface area contributed by atoms with Crippen LogP contribution in [0.4, 0.5) is 0 Å². The highest BCUT2D eigenvalue weighted by molar-refractivity contribution is 5.27. The lowest BCUT2D eigenvalue weighted by atomic mass is 9.86. The predicted octanol–water partition coefficient (Wildman–Crippen LogP) is 4.40. The van der Waals surface area contributed by atoms with E-state index in [0.717, 1.165) is 0 Å². The van der Waals surface area contributed by atoms with Gasteiger partial charge in [0, 0.05) is 0 Å². The van der Waals surface area contributed by atoms with Crippen LogP contribution < -0.4 is 0 Å². The second-order valence-corrected chi connectivity index (χ2v) is 6.95. The quantitative estimate of drug-likeness (QED) is 0.774. The first-order valence-electron chi connectivity index (χ1n) is 7.87. The van der Waals surface area contributed by atoms with Crippen molar-refractivity contribution in [2.45, 2.75) is 58.3 Å². The topological polar surface area (TPSA) is 3.24 Å². The first-order chi connectivity index (χ1) is 9.05. The van der Waals surface area contributed by atoms with Gasteiger partial charge in [0.15, 0.2) is 0 Å². The zero-order chi connectivity index (χ0) is 13.7. The van der Waals surface area contributed by atoms with Crippen molar-refractivity contribution in [2.75, 3.05) is 19.6 Å². The molecule has 0 aliphatic carbocycles. The van der Waals surface area contributed by atoms with Gasteiger partial charge in [0.05, 0.1) is 0 Å². The highest BCUT2D eigenvalue weighted by Crippen LogP contribution is 2.22. The molecule has 1 aromatic rings. The van der Waals surface area contributed by atoms with E-state index in [1.54, 1.807) is 0 Å². The summed E-state index contributed by atoms with van der Waals surface area (Å²) in [5.74, 6) is 0. The van der Waals surface area contributed by atoms with Gasteiger partial charge in [-0.15, -0.1) is 0 Å². The SMILES string of the molecule is CC(C)(C)c1ccc(CCCN2CCCCC2)cc1. The number of hydrogen-bond acceptors (Lipinski definition) is 1. The van der Waals surface area contributed by atoms with Crippen LogP contribution in [0.2, 0.25) is 0 Å². The normalized spacial score (nSPS) is 17.6. The fourth-order valence-electron chi connectivity index (χ4n) is 2.86. The van der Waals surface area contributed by atoms with Crippen molar-refractivity contribution in [2.24, 2.45) is 0 Å². The highest BCUT2D eigenvalue weighted by atomic mass is 15.1. The molecule has 0 spiro atoms. The van der Waals surface area contributed by atoms with Crippen molar-refractivity contribution in [1.29, 1.82) is 0 Å². The van der Waals surface area contributed by atoms with Crippen LogP contribution in [0.5, 0.6) is 0 Å². The molecule has 0 unspecified atom stereocenters. The van der Waals surface area contributed by atoms with E-state index in [4.69, 9.17) is 0 Å². The van der Waals surface area contributed by atoms with Crippen LogP contribution in [0, 0.1) is 0 Å². The van der Waals surface area contributed by atoms with Gasteiger partial charge in [-0.1, -0.05) is 51.5 Å². The van der Waals surface area contributed by atoms with Crippen LogP contribution in [-0.2, 0) is 11.8 Å². The van der Waals surface area contributed by atoms with Crippen molar-refractivity contribution in [3.05, 3.63) is 35.4 Å². The smallest absolute Gasteiger partial charge is 0.00156 e. The molecule has 1 heteroatoms. The maximum absolute atomic E-state index is 2.63. The Hall–Kier alpha value is -0.820. The van der Waals surface area contributed by atoms with Crippen LogP contribution in [0.3, 0.4) is 0 Å². The van der Waals surface area contributed by atoms with Crippen molar-refractivity contribution in [3.63, 3.8) is 0 Å². The summed E-state index contributed by atoms with van der Waals surface area (Å²) in [7, 11) is 0. The van der Waals surface area contributed by atoms with Gasteiger partial charge >= 0.3 is 0 Å². The van der Waals surface area contributed by atoms with Gasteiger partial charge in [0.25, 0.3) is 0 Å². The molecule has 0 saturated carbocycles. The molecule has 0 atom stereocenters. The number of likely N-dealkylation sites (tertiary alicyclic amines) is 1. The maximum Gasteiger partial charge on any atom is -0.00156 e. The summed E-state index contributed by atoms with van der Waals surface area (Å²) in [6.07, 6.45) is 6.76. The molecule has 2 rings (SSSR count). The van der Waals surface area contributed by atoms with Gasteiger partial charge in [-0.2, -0.15) is 0 Å². The maximum atomic E-state index is 2.63. The average Bonchev–Trinajstić information content (AvgIpc) is 2.39.